The van der Waals surface area contributed by atoms with Crippen molar-refractivity contribution >= 4 is 45.7 Å². The number of benzene rings is 3. The van der Waals surface area contributed by atoms with Gasteiger partial charge in [0, 0.05) is 51.4 Å². The zero-order chi connectivity index (χ0) is 37.6. The highest BCUT2D eigenvalue weighted by atomic mass is 35.5. The first-order valence-corrected chi connectivity index (χ1v) is 19.0. The molecular weight excluding hydrogens is 747 g/mol. The molecule has 1 amide bonds. The van der Waals surface area contributed by atoms with Crippen LogP contribution in [-0.2, 0) is 26.7 Å². The lowest BCUT2D eigenvalue weighted by Crippen LogP contribution is -2.47. The van der Waals surface area contributed by atoms with Crippen LogP contribution in [0.2, 0.25) is 0 Å². The number of aliphatic carboxylic acids is 1. The monoisotopic (exact) mass is 787 g/mol. The number of hydrogen-bond acceptors (Lipinski definition) is 8. The number of piperidine rings is 1. The number of halogens is 4. The average Bonchev–Trinajstić information content (AvgIpc) is 3.14. The largest absolute Gasteiger partial charge is 0.481 e. The molecule has 2 N–H and O–H groups in total. The Labute approximate surface area is 318 Å². The molecule has 288 valence electrons. The number of anilines is 2. The molecule has 0 bridgehead atoms. The van der Waals surface area contributed by atoms with Crippen molar-refractivity contribution in [3.05, 3.63) is 114 Å². The zero-order valence-corrected chi connectivity index (χ0v) is 30.9. The van der Waals surface area contributed by atoms with Crippen LogP contribution in [0.15, 0.2) is 91.1 Å². The highest BCUT2D eigenvalue weighted by molar-refractivity contribution is 7.91. The molecule has 16 heteroatoms. The SMILES string of the molecule is Cl.O=C(O)CCN1CCN(c2ccc(C(=O)N3CCC(c4ccc(Oc5ccc(C(F)(F)F)nc5)cc4)CC3)cc2NS(=O)(=O)Cc2ccccc2)CC1. The van der Waals surface area contributed by atoms with Gasteiger partial charge in [-0.1, -0.05) is 42.5 Å². The van der Waals surface area contributed by atoms with Gasteiger partial charge in [-0.2, -0.15) is 13.2 Å². The molecule has 6 rings (SSSR count). The minimum absolute atomic E-state index is 0. The fraction of sp³-hybridized carbons (Fsp3) is 0.342. The van der Waals surface area contributed by atoms with Gasteiger partial charge >= 0.3 is 12.1 Å². The van der Waals surface area contributed by atoms with E-state index in [0.717, 1.165) is 17.8 Å². The summed E-state index contributed by atoms with van der Waals surface area (Å²) in [5, 5.41) is 9.07. The fourth-order valence-corrected chi connectivity index (χ4v) is 7.84. The van der Waals surface area contributed by atoms with Gasteiger partial charge in [0.2, 0.25) is 10.0 Å². The van der Waals surface area contributed by atoms with Crippen LogP contribution in [-0.4, -0.2) is 86.0 Å². The topological polar surface area (TPSA) is 132 Å². The molecule has 3 heterocycles. The van der Waals surface area contributed by atoms with Crippen LogP contribution in [0.25, 0.3) is 0 Å². The molecule has 3 aromatic carbocycles. The third kappa shape index (κ3) is 10.6. The Bertz CT molecular complexity index is 1990. The van der Waals surface area contributed by atoms with Crippen LogP contribution in [0, 0.1) is 0 Å². The second-order valence-corrected chi connectivity index (χ2v) is 14.9. The third-order valence-corrected chi connectivity index (χ3v) is 10.7. The highest BCUT2D eigenvalue weighted by Crippen LogP contribution is 2.34. The lowest BCUT2D eigenvalue weighted by molar-refractivity contribution is -0.141. The summed E-state index contributed by atoms with van der Waals surface area (Å²) < 4.78 is 73.6. The maximum atomic E-state index is 13.8. The number of rotatable bonds is 12. The van der Waals surface area contributed by atoms with Gasteiger partial charge in [0.15, 0.2) is 0 Å². The number of carbonyl (C=O) groups is 2. The Morgan fingerprint density at radius 2 is 1.54 bits per heavy atom. The number of aromatic nitrogens is 1. The van der Waals surface area contributed by atoms with E-state index in [1.807, 2.05) is 23.1 Å². The summed E-state index contributed by atoms with van der Waals surface area (Å²) in [5.74, 6) is -0.466. The van der Waals surface area contributed by atoms with E-state index in [-0.39, 0.29) is 42.2 Å². The van der Waals surface area contributed by atoms with Gasteiger partial charge in [0.05, 0.1) is 29.7 Å². The van der Waals surface area contributed by atoms with Crippen molar-refractivity contribution in [2.45, 2.75) is 37.1 Å². The van der Waals surface area contributed by atoms with Gasteiger partial charge in [-0.05, 0) is 72.4 Å². The number of ether oxygens (including phenoxy) is 1. The number of alkyl halides is 3. The van der Waals surface area contributed by atoms with E-state index < -0.39 is 27.9 Å². The standard InChI is InChI=1S/C38H40F3N5O6S.ClH/c39-38(40,41)35-13-11-32(25-42-35)52-31-9-6-28(7-10-31)29-14-18-46(19-15-29)37(49)30-8-12-34(45-22-20-44(21-23-45)17-16-36(47)48)33(24-30)43-53(50,51)26-27-4-2-1-3-5-27;/h1-13,24-25,29,43H,14-23,26H2,(H,47,48);1H. The van der Waals surface area contributed by atoms with Crippen molar-refractivity contribution in [3.8, 4) is 11.5 Å². The zero-order valence-electron chi connectivity index (χ0n) is 29.2. The number of piperazine rings is 1. The van der Waals surface area contributed by atoms with Gasteiger partial charge in [-0.25, -0.2) is 13.4 Å². The molecule has 2 saturated heterocycles. The molecule has 0 atom stereocenters. The van der Waals surface area contributed by atoms with Crippen LogP contribution >= 0.6 is 12.4 Å². The number of nitrogens with one attached hydrogen (secondary N) is 1. The summed E-state index contributed by atoms with van der Waals surface area (Å²) >= 11 is 0. The number of carbonyl (C=O) groups excluding carboxylic acids is 1. The van der Waals surface area contributed by atoms with Crippen LogP contribution < -0.4 is 14.4 Å². The molecule has 2 aliphatic rings. The van der Waals surface area contributed by atoms with Crippen molar-refractivity contribution in [2.75, 3.05) is 55.4 Å². The van der Waals surface area contributed by atoms with E-state index in [9.17, 15) is 31.2 Å². The number of carboxylic acid groups (broad SMARTS) is 1. The summed E-state index contributed by atoms with van der Waals surface area (Å²) in [7, 11) is -3.84. The minimum atomic E-state index is -4.53. The lowest BCUT2D eigenvalue weighted by Gasteiger charge is -2.37. The van der Waals surface area contributed by atoms with Crippen molar-refractivity contribution in [3.63, 3.8) is 0 Å². The first-order valence-electron chi connectivity index (χ1n) is 17.3. The number of hydrogen-bond donors (Lipinski definition) is 2. The Hall–Kier alpha value is -4.86. The molecular formula is C38H41ClF3N5O6S. The first kappa shape index (κ1) is 40.3. The molecule has 0 spiro atoms. The molecule has 11 nitrogen and oxygen atoms in total. The Balaban J connectivity index is 0.00000561. The number of nitrogens with zero attached hydrogens (tertiary/aromatic N) is 4. The number of sulfonamides is 1. The minimum Gasteiger partial charge on any atom is -0.481 e. The summed E-state index contributed by atoms with van der Waals surface area (Å²) in [6.45, 7) is 3.78. The average molecular weight is 788 g/mol. The smallest absolute Gasteiger partial charge is 0.433 e. The quantitative estimate of drug-likeness (QED) is 0.158. The van der Waals surface area contributed by atoms with Gasteiger partial charge < -0.3 is 19.6 Å². The molecule has 0 saturated carbocycles. The highest BCUT2D eigenvalue weighted by Gasteiger charge is 2.32. The third-order valence-electron chi connectivity index (χ3n) is 9.46. The molecule has 54 heavy (non-hydrogen) atoms. The van der Waals surface area contributed by atoms with Crippen LogP contribution in [0.3, 0.4) is 0 Å². The van der Waals surface area contributed by atoms with E-state index in [0.29, 0.717) is 86.9 Å². The molecule has 0 aliphatic carbocycles. The Kier molecular flexibility index (Phi) is 13.1. The predicted octanol–water partition coefficient (Wildman–Crippen LogP) is 6.87. The maximum Gasteiger partial charge on any atom is 0.433 e. The van der Waals surface area contributed by atoms with Crippen LogP contribution in [0.5, 0.6) is 11.5 Å². The molecule has 2 fully saturated rings. The number of carboxylic acids is 1. The summed E-state index contributed by atoms with van der Waals surface area (Å²) in [6.07, 6.45) is -2.04. The molecule has 0 unspecified atom stereocenters. The second kappa shape index (κ2) is 17.5. The lowest BCUT2D eigenvalue weighted by atomic mass is 9.89. The maximum absolute atomic E-state index is 13.8. The first-order chi connectivity index (χ1) is 25.3. The normalized spacial score (nSPS) is 15.7. The van der Waals surface area contributed by atoms with E-state index in [4.69, 9.17) is 9.84 Å². The summed E-state index contributed by atoms with van der Waals surface area (Å²) in [4.78, 5) is 34.2. The predicted molar refractivity (Wildman–Crippen MR) is 201 cm³/mol. The van der Waals surface area contributed by atoms with Gasteiger partial charge in [-0.3, -0.25) is 19.2 Å². The van der Waals surface area contributed by atoms with E-state index in [1.54, 1.807) is 59.5 Å². The molecule has 4 aromatic rings. The van der Waals surface area contributed by atoms with Crippen LogP contribution in [0.4, 0.5) is 24.5 Å². The Morgan fingerprint density at radius 1 is 0.870 bits per heavy atom. The molecule has 1 aromatic heterocycles. The van der Waals surface area contributed by atoms with Crippen molar-refractivity contribution in [2.24, 2.45) is 0 Å². The van der Waals surface area contributed by atoms with Gasteiger partial charge in [0.1, 0.15) is 17.2 Å². The summed E-state index contributed by atoms with van der Waals surface area (Å²) in [6, 6.07) is 23.4. The number of pyridine rings is 1. The number of amides is 1. The fourth-order valence-electron chi connectivity index (χ4n) is 6.64. The molecule has 2 aliphatic heterocycles. The molecule has 0 radical (unpaired) electrons. The van der Waals surface area contributed by atoms with E-state index in [2.05, 4.69) is 14.6 Å². The van der Waals surface area contributed by atoms with Gasteiger partial charge in [0.25, 0.3) is 5.91 Å². The summed E-state index contributed by atoms with van der Waals surface area (Å²) in [5.41, 5.74) is 2.02. The second-order valence-electron chi connectivity index (χ2n) is 13.2. The van der Waals surface area contributed by atoms with E-state index >= 15 is 0 Å². The van der Waals surface area contributed by atoms with Crippen molar-refractivity contribution in [1.82, 2.24) is 14.8 Å². The van der Waals surface area contributed by atoms with Crippen molar-refractivity contribution in [1.29, 1.82) is 0 Å². The van der Waals surface area contributed by atoms with Crippen molar-refractivity contribution < 1.29 is 41.0 Å². The number of likely N-dealkylation sites (tertiary alicyclic amines) is 1. The van der Waals surface area contributed by atoms with Crippen LogP contribution in [0.1, 0.15) is 52.4 Å². The Morgan fingerprint density at radius 3 is 2.15 bits per heavy atom. The van der Waals surface area contributed by atoms with Gasteiger partial charge in [-0.15, -0.1) is 12.4 Å². The van der Waals surface area contributed by atoms with E-state index in [1.165, 1.54) is 6.07 Å².